The molecule has 0 aliphatic carbocycles. The Balaban J connectivity index is 2.38. The molecular formula is C16H17Br2NO. The van der Waals surface area contributed by atoms with Crippen LogP contribution in [0.2, 0.25) is 0 Å². The van der Waals surface area contributed by atoms with Gasteiger partial charge in [0.05, 0.1) is 12.6 Å². The second-order valence-corrected chi connectivity index (χ2v) is 6.16. The van der Waals surface area contributed by atoms with Gasteiger partial charge in [-0.15, -0.1) is 0 Å². The van der Waals surface area contributed by atoms with E-state index in [-0.39, 0.29) is 6.04 Å². The normalized spacial score (nSPS) is 12.2. The zero-order valence-corrected chi connectivity index (χ0v) is 14.7. The van der Waals surface area contributed by atoms with Gasteiger partial charge in [-0.25, -0.2) is 0 Å². The highest BCUT2D eigenvalue weighted by molar-refractivity contribution is 9.11. The van der Waals surface area contributed by atoms with Crippen LogP contribution in [-0.2, 0) is 0 Å². The van der Waals surface area contributed by atoms with E-state index >= 15 is 0 Å². The van der Waals surface area contributed by atoms with E-state index in [2.05, 4.69) is 67.5 Å². The van der Waals surface area contributed by atoms with Crippen molar-refractivity contribution in [1.29, 1.82) is 0 Å². The standard InChI is InChI=1S/C16H17Br2NO/c1-3-20-13-6-4-5-11(9-13)16(19-2)14-8-7-12(17)10-15(14)18/h4-10,16,19H,3H2,1-2H3. The summed E-state index contributed by atoms with van der Waals surface area (Å²) in [6, 6.07) is 14.6. The van der Waals surface area contributed by atoms with Gasteiger partial charge in [-0.1, -0.05) is 50.1 Å². The van der Waals surface area contributed by atoms with E-state index in [9.17, 15) is 0 Å². The van der Waals surface area contributed by atoms with E-state index < -0.39 is 0 Å². The Kier molecular flexibility index (Phi) is 5.64. The SMILES string of the molecule is CCOc1cccc(C(NC)c2ccc(Br)cc2Br)c1. The van der Waals surface area contributed by atoms with Gasteiger partial charge in [0.2, 0.25) is 0 Å². The van der Waals surface area contributed by atoms with E-state index in [0.717, 1.165) is 14.7 Å². The van der Waals surface area contributed by atoms with Crippen LogP contribution in [0.15, 0.2) is 51.4 Å². The predicted octanol–water partition coefficient (Wildman–Crippen LogP) is 4.92. The van der Waals surface area contributed by atoms with Gasteiger partial charge in [0.25, 0.3) is 0 Å². The number of hydrogen-bond donors (Lipinski definition) is 1. The van der Waals surface area contributed by atoms with Crippen LogP contribution >= 0.6 is 31.9 Å². The lowest BCUT2D eigenvalue weighted by molar-refractivity contribution is 0.339. The van der Waals surface area contributed by atoms with Crippen molar-refractivity contribution in [1.82, 2.24) is 5.32 Å². The van der Waals surface area contributed by atoms with E-state index in [0.29, 0.717) is 6.61 Å². The van der Waals surface area contributed by atoms with Crippen molar-refractivity contribution in [3.05, 3.63) is 62.5 Å². The van der Waals surface area contributed by atoms with Crippen LogP contribution in [0, 0.1) is 0 Å². The maximum atomic E-state index is 5.58. The molecule has 2 nitrogen and oxygen atoms in total. The number of ether oxygens (including phenoxy) is 1. The Morgan fingerprint density at radius 2 is 1.95 bits per heavy atom. The summed E-state index contributed by atoms with van der Waals surface area (Å²) < 4.78 is 7.72. The summed E-state index contributed by atoms with van der Waals surface area (Å²) in [7, 11) is 1.96. The molecule has 0 spiro atoms. The van der Waals surface area contributed by atoms with Gasteiger partial charge in [0, 0.05) is 8.95 Å². The molecule has 1 atom stereocenters. The first-order valence-electron chi connectivity index (χ1n) is 6.50. The molecule has 20 heavy (non-hydrogen) atoms. The van der Waals surface area contributed by atoms with Crippen LogP contribution in [-0.4, -0.2) is 13.7 Å². The van der Waals surface area contributed by atoms with Crippen molar-refractivity contribution in [2.45, 2.75) is 13.0 Å². The third kappa shape index (κ3) is 3.62. The topological polar surface area (TPSA) is 21.3 Å². The first-order chi connectivity index (χ1) is 9.65. The molecule has 0 fully saturated rings. The average Bonchev–Trinajstić information content (AvgIpc) is 2.43. The fraction of sp³-hybridized carbons (Fsp3) is 0.250. The van der Waals surface area contributed by atoms with Crippen LogP contribution in [0.25, 0.3) is 0 Å². The monoisotopic (exact) mass is 397 g/mol. The second kappa shape index (κ2) is 7.25. The molecule has 1 N–H and O–H groups in total. The van der Waals surface area contributed by atoms with Crippen LogP contribution in [0.4, 0.5) is 0 Å². The molecule has 0 aromatic heterocycles. The molecule has 0 aliphatic rings. The Morgan fingerprint density at radius 1 is 1.15 bits per heavy atom. The van der Waals surface area contributed by atoms with Crippen molar-refractivity contribution in [3.63, 3.8) is 0 Å². The van der Waals surface area contributed by atoms with Crippen LogP contribution in [0.5, 0.6) is 5.75 Å². The zero-order chi connectivity index (χ0) is 14.5. The molecular weight excluding hydrogens is 382 g/mol. The predicted molar refractivity (Wildman–Crippen MR) is 90.4 cm³/mol. The fourth-order valence-electron chi connectivity index (χ4n) is 2.19. The van der Waals surface area contributed by atoms with Crippen molar-refractivity contribution >= 4 is 31.9 Å². The molecule has 0 amide bonds. The Morgan fingerprint density at radius 3 is 2.60 bits per heavy atom. The van der Waals surface area contributed by atoms with Gasteiger partial charge in [-0.05, 0) is 49.4 Å². The molecule has 0 saturated carbocycles. The Hall–Kier alpha value is -0.840. The van der Waals surface area contributed by atoms with Gasteiger partial charge >= 0.3 is 0 Å². The highest BCUT2D eigenvalue weighted by Crippen LogP contribution is 2.31. The lowest BCUT2D eigenvalue weighted by Gasteiger charge is -2.19. The molecule has 2 aromatic carbocycles. The van der Waals surface area contributed by atoms with Crippen LogP contribution < -0.4 is 10.1 Å². The summed E-state index contributed by atoms with van der Waals surface area (Å²) in [5.74, 6) is 0.901. The third-order valence-electron chi connectivity index (χ3n) is 3.06. The number of benzene rings is 2. The number of halogens is 2. The quantitative estimate of drug-likeness (QED) is 0.771. The summed E-state index contributed by atoms with van der Waals surface area (Å²) in [6.07, 6.45) is 0. The molecule has 106 valence electrons. The van der Waals surface area contributed by atoms with Gasteiger partial charge < -0.3 is 10.1 Å². The van der Waals surface area contributed by atoms with Crippen molar-refractivity contribution in [2.75, 3.05) is 13.7 Å². The molecule has 2 rings (SSSR count). The largest absolute Gasteiger partial charge is 0.494 e. The highest BCUT2D eigenvalue weighted by Gasteiger charge is 2.15. The maximum absolute atomic E-state index is 5.58. The molecule has 1 unspecified atom stereocenters. The molecule has 0 saturated heterocycles. The Labute approximate surface area is 136 Å². The van der Waals surface area contributed by atoms with E-state index in [1.807, 2.05) is 26.1 Å². The molecule has 0 bridgehead atoms. The summed E-state index contributed by atoms with van der Waals surface area (Å²) >= 11 is 7.12. The summed E-state index contributed by atoms with van der Waals surface area (Å²) in [4.78, 5) is 0. The molecule has 0 radical (unpaired) electrons. The summed E-state index contributed by atoms with van der Waals surface area (Å²) in [6.45, 7) is 2.67. The van der Waals surface area contributed by atoms with Crippen LogP contribution in [0.3, 0.4) is 0 Å². The average molecular weight is 399 g/mol. The molecule has 4 heteroatoms. The van der Waals surface area contributed by atoms with E-state index in [4.69, 9.17) is 4.74 Å². The van der Waals surface area contributed by atoms with Crippen molar-refractivity contribution in [2.24, 2.45) is 0 Å². The lowest BCUT2D eigenvalue weighted by Crippen LogP contribution is -2.18. The third-order valence-corrected chi connectivity index (χ3v) is 4.24. The minimum atomic E-state index is 0.123. The second-order valence-electron chi connectivity index (χ2n) is 4.39. The number of rotatable bonds is 5. The van der Waals surface area contributed by atoms with E-state index in [1.165, 1.54) is 11.1 Å². The molecule has 0 aliphatic heterocycles. The summed E-state index contributed by atoms with van der Waals surface area (Å²) in [5, 5.41) is 3.36. The van der Waals surface area contributed by atoms with Crippen molar-refractivity contribution < 1.29 is 4.74 Å². The molecule has 0 heterocycles. The summed E-state index contributed by atoms with van der Waals surface area (Å²) in [5.41, 5.74) is 2.38. The van der Waals surface area contributed by atoms with Gasteiger partial charge in [0.15, 0.2) is 0 Å². The first kappa shape index (κ1) is 15.5. The Bertz CT molecular complexity index is 586. The van der Waals surface area contributed by atoms with Gasteiger partial charge in [-0.3, -0.25) is 0 Å². The lowest BCUT2D eigenvalue weighted by atomic mass is 9.99. The number of nitrogens with one attached hydrogen (secondary N) is 1. The van der Waals surface area contributed by atoms with Gasteiger partial charge in [-0.2, -0.15) is 0 Å². The van der Waals surface area contributed by atoms with E-state index in [1.54, 1.807) is 0 Å². The highest BCUT2D eigenvalue weighted by atomic mass is 79.9. The van der Waals surface area contributed by atoms with Crippen LogP contribution in [0.1, 0.15) is 24.1 Å². The number of hydrogen-bond acceptors (Lipinski definition) is 2. The smallest absolute Gasteiger partial charge is 0.119 e. The van der Waals surface area contributed by atoms with Crippen molar-refractivity contribution in [3.8, 4) is 5.75 Å². The zero-order valence-electron chi connectivity index (χ0n) is 11.5. The van der Waals surface area contributed by atoms with Gasteiger partial charge in [0.1, 0.15) is 5.75 Å². The fourth-order valence-corrected chi connectivity index (χ4v) is 3.46. The first-order valence-corrected chi connectivity index (χ1v) is 8.09. The molecule has 2 aromatic rings. The minimum Gasteiger partial charge on any atom is -0.494 e. The maximum Gasteiger partial charge on any atom is 0.119 e. The minimum absolute atomic E-state index is 0.123.